The fraction of sp³-hybridized carbons (Fsp3) is 0.552. The zero-order valence-corrected chi connectivity index (χ0v) is 22.3. The Kier molecular flexibility index (Phi) is 8.70. The zero-order chi connectivity index (χ0) is 25.8. The van der Waals surface area contributed by atoms with Crippen molar-refractivity contribution in [1.82, 2.24) is 10.2 Å². The number of nitrogens with zero attached hydrogens (tertiary/aromatic N) is 2. The SMILES string of the molecule is CC.C\C=C/C(/C=C/C(=O)N(C)[C@H]1CCC([C@@H]2CN2)[C@]2(CC)c3c(C)ccc(N=O)c3OC12)=C\C. The van der Waals surface area contributed by atoms with Crippen molar-refractivity contribution in [3.05, 3.63) is 64.1 Å². The van der Waals surface area contributed by atoms with Crippen molar-refractivity contribution >= 4 is 11.6 Å². The molecule has 4 rings (SSSR count). The number of aryl methyl sites for hydroxylation is 1. The fourth-order valence-corrected chi connectivity index (χ4v) is 6.23. The first-order valence-electron chi connectivity index (χ1n) is 13.0. The van der Waals surface area contributed by atoms with Gasteiger partial charge < -0.3 is 15.0 Å². The second-order valence-corrected chi connectivity index (χ2v) is 9.47. The molecule has 2 heterocycles. The lowest BCUT2D eigenvalue weighted by Gasteiger charge is -2.50. The molecule has 190 valence electrons. The minimum Gasteiger partial charge on any atom is -0.485 e. The van der Waals surface area contributed by atoms with Crippen molar-refractivity contribution in [1.29, 1.82) is 0 Å². The number of nitroso groups, excluding NO2 is 1. The minimum atomic E-state index is -0.255. The van der Waals surface area contributed by atoms with Crippen LogP contribution in [-0.4, -0.2) is 42.6 Å². The third-order valence-corrected chi connectivity index (χ3v) is 7.91. The summed E-state index contributed by atoms with van der Waals surface area (Å²) in [7, 11) is 1.87. The Bertz CT molecular complexity index is 1020. The molecule has 1 saturated heterocycles. The van der Waals surface area contributed by atoms with Crippen LogP contribution in [0.25, 0.3) is 0 Å². The normalized spacial score (nSPS) is 29.2. The van der Waals surface area contributed by atoms with Crippen molar-refractivity contribution in [2.45, 2.75) is 84.4 Å². The standard InChI is InChI=1S/C27H35N3O3.C2H6/c1-6-9-18(7-2)11-15-23(31)30(5)22-14-12-19(21-16-28-21)27(8-3)24-17(4)10-13-20(29-32)25(24)33-26(22)27;1-2/h6-7,9-11,13,15,19,21-22,26,28H,8,12,14,16H2,1-5H3;1-2H3/b9-6-,15-11+,18-7+;/t19?,21-,22-,26?,27+;/m0./s1. The van der Waals surface area contributed by atoms with Gasteiger partial charge in [-0.05, 0) is 74.4 Å². The lowest BCUT2D eigenvalue weighted by atomic mass is 9.57. The molecule has 0 spiro atoms. The summed E-state index contributed by atoms with van der Waals surface area (Å²) in [6.45, 7) is 13.2. The molecule has 0 bridgehead atoms. The van der Waals surface area contributed by atoms with Gasteiger partial charge in [0.1, 0.15) is 11.8 Å². The average Bonchev–Trinajstić information content (AvgIpc) is 3.66. The Labute approximate surface area is 210 Å². The molecule has 2 fully saturated rings. The molecular formula is C29H41N3O3. The Morgan fingerprint density at radius 1 is 1.23 bits per heavy atom. The highest BCUT2D eigenvalue weighted by Gasteiger charge is 2.62. The Balaban J connectivity index is 0.00000167. The van der Waals surface area contributed by atoms with Gasteiger partial charge in [0, 0.05) is 36.7 Å². The van der Waals surface area contributed by atoms with Crippen LogP contribution in [0.1, 0.15) is 65.0 Å². The van der Waals surface area contributed by atoms with Crippen LogP contribution < -0.4 is 10.1 Å². The maximum Gasteiger partial charge on any atom is 0.246 e. The number of carbonyl (C=O) groups excluding carboxylic acids is 1. The van der Waals surface area contributed by atoms with Crippen LogP contribution in [0, 0.1) is 17.7 Å². The molecule has 1 aromatic carbocycles. The largest absolute Gasteiger partial charge is 0.485 e. The van der Waals surface area contributed by atoms with E-state index < -0.39 is 0 Å². The molecule has 2 unspecified atom stereocenters. The maximum atomic E-state index is 13.2. The highest BCUT2D eigenvalue weighted by atomic mass is 16.5. The number of fused-ring (bicyclic) bond motifs is 3. The summed E-state index contributed by atoms with van der Waals surface area (Å²) in [6, 6.07) is 4.10. The van der Waals surface area contributed by atoms with Crippen molar-refractivity contribution in [3.8, 4) is 5.75 Å². The molecule has 1 saturated carbocycles. The first-order valence-corrected chi connectivity index (χ1v) is 13.0. The van der Waals surface area contributed by atoms with E-state index in [9.17, 15) is 9.70 Å². The third-order valence-electron chi connectivity index (χ3n) is 7.91. The van der Waals surface area contributed by atoms with E-state index in [1.54, 1.807) is 12.1 Å². The summed E-state index contributed by atoms with van der Waals surface area (Å²) in [5.41, 5.74) is 3.35. The molecule has 2 aliphatic heterocycles. The molecular weight excluding hydrogens is 438 g/mol. The van der Waals surface area contributed by atoms with Gasteiger partial charge >= 0.3 is 0 Å². The van der Waals surface area contributed by atoms with Crippen molar-refractivity contribution in [2.75, 3.05) is 13.6 Å². The number of carbonyl (C=O) groups is 1. The van der Waals surface area contributed by atoms with Crippen LogP contribution >= 0.6 is 0 Å². The minimum absolute atomic E-state index is 0.0399. The van der Waals surface area contributed by atoms with Gasteiger partial charge in [0.15, 0.2) is 5.75 Å². The molecule has 0 radical (unpaired) electrons. The summed E-state index contributed by atoms with van der Waals surface area (Å²) in [5.74, 6) is 0.978. The number of nitrogens with one attached hydrogen (secondary N) is 1. The molecule has 35 heavy (non-hydrogen) atoms. The number of hydrogen-bond donors (Lipinski definition) is 1. The van der Waals surface area contributed by atoms with E-state index >= 15 is 0 Å². The number of hydrogen-bond acceptors (Lipinski definition) is 5. The predicted molar refractivity (Wildman–Crippen MR) is 143 cm³/mol. The van der Waals surface area contributed by atoms with E-state index in [4.69, 9.17) is 4.74 Å². The van der Waals surface area contributed by atoms with Gasteiger partial charge in [0.25, 0.3) is 0 Å². The highest BCUT2D eigenvalue weighted by Crippen LogP contribution is 2.60. The number of ether oxygens (including phenoxy) is 1. The Morgan fingerprint density at radius 3 is 2.51 bits per heavy atom. The quantitative estimate of drug-likeness (QED) is 0.221. The van der Waals surface area contributed by atoms with Gasteiger partial charge in [-0.15, -0.1) is 4.91 Å². The van der Waals surface area contributed by atoms with E-state index in [0.29, 0.717) is 23.4 Å². The molecule has 1 aliphatic carbocycles. The monoisotopic (exact) mass is 479 g/mol. The lowest BCUT2D eigenvalue weighted by molar-refractivity contribution is -0.131. The van der Waals surface area contributed by atoms with Crippen LogP contribution in [0.5, 0.6) is 5.75 Å². The van der Waals surface area contributed by atoms with Gasteiger partial charge in [0.2, 0.25) is 5.91 Å². The first-order chi connectivity index (χ1) is 16.9. The molecule has 1 amide bonds. The molecule has 6 heteroatoms. The number of benzene rings is 1. The fourth-order valence-electron chi connectivity index (χ4n) is 6.23. The summed E-state index contributed by atoms with van der Waals surface area (Å²) in [6.07, 6.45) is 12.0. The molecule has 3 aliphatic rings. The van der Waals surface area contributed by atoms with E-state index in [0.717, 1.165) is 42.5 Å². The van der Waals surface area contributed by atoms with Crippen molar-refractivity contribution < 1.29 is 9.53 Å². The van der Waals surface area contributed by atoms with Gasteiger partial charge in [-0.1, -0.05) is 45.1 Å². The van der Waals surface area contributed by atoms with Gasteiger partial charge in [-0.2, -0.15) is 0 Å². The summed E-state index contributed by atoms with van der Waals surface area (Å²) in [5, 5.41) is 6.81. The summed E-state index contributed by atoms with van der Waals surface area (Å²) >= 11 is 0. The first kappa shape index (κ1) is 26.9. The van der Waals surface area contributed by atoms with Crippen molar-refractivity contribution in [3.63, 3.8) is 0 Å². The van der Waals surface area contributed by atoms with Crippen LogP contribution in [-0.2, 0) is 10.2 Å². The second-order valence-electron chi connectivity index (χ2n) is 9.47. The molecule has 5 atom stereocenters. The lowest BCUT2D eigenvalue weighted by Crippen LogP contribution is -2.61. The maximum absolute atomic E-state index is 13.2. The smallest absolute Gasteiger partial charge is 0.246 e. The van der Waals surface area contributed by atoms with Gasteiger partial charge in [-0.3, -0.25) is 4.79 Å². The molecule has 0 aromatic heterocycles. The van der Waals surface area contributed by atoms with Gasteiger partial charge in [0.05, 0.1) is 6.04 Å². The highest BCUT2D eigenvalue weighted by molar-refractivity contribution is 5.88. The second kappa shape index (κ2) is 11.3. The Morgan fingerprint density at radius 2 is 1.94 bits per heavy atom. The van der Waals surface area contributed by atoms with E-state index in [2.05, 4.69) is 24.3 Å². The number of allylic oxidation sites excluding steroid dienone is 5. The topological polar surface area (TPSA) is 80.9 Å². The molecule has 1 N–H and O–H groups in total. The van der Waals surface area contributed by atoms with Crippen molar-refractivity contribution in [2.24, 2.45) is 11.1 Å². The molecule has 1 aromatic rings. The average molecular weight is 480 g/mol. The summed E-state index contributed by atoms with van der Waals surface area (Å²) in [4.78, 5) is 26.7. The third kappa shape index (κ3) is 4.73. The number of likely N-dealkylation sites (N-methyl/N-ethyl adjacent to an activating group) is 1. The number of amides is 1. The zero-order valence-electron chi connectivity index (χ0n) is 22.3. The van der Waals surface area contributed by atoms with Crippen LogP contribution in [0.2, 0.25) is 0 Å². The predicted octanol–water partition coefficient (Wildman–Crippen LogP) is 6.12. The van der Waals surface area contributed by atoms with E-state index in [1.807, 2.05) is 70.0 Å². The Hall–Kier alpha value is -2.73. The van der Waals surface area contributed by atoms with Gasteiger partial charge in [-0.25, -0.2) is 0 Å². The molecule has 6 nitrogen and oxygen atoms in total. The number of rotatable bonds is 7. The van der Waals surface area contributed by atoms with Crippen LogP contribution in [0.4, 0.5) is 5.69 Å². The summed E-state index contributed by atoms with van der Waals surface area (Å²) < 4.78 is 6.62. The van der Waals surface area contributed by atoms with Crippen LogP contribution in [0.3, 0.4) is 0 Å². The van der Waals surface area contributed by atoms with E-state index in [1.165, 1.54) is 0 Å². The van der Waals surface area contributed by atoms with Crippen LogP contribution in [0.15, 0.2) is 53.3 Å². The van der Waals surface area contributed by atoms with E-state index in [-0.39, 0.29) is 23.5 Å².